The van der Waals surface area contributed by atoms with E-state index in [1.807, 2.05) is 31.2 Å². The molecular weight excluding hydrogens is 425 g/mol. The third kappa shape index (κ3) is 5.11. The number of amides is 1. The standard InChI is InChI=1S/C18H19ClINO2/c1-11(2)14-6-4-12(3)8-17(14)23-10-18(22)21-16-7-5-13(20)9-15(16)19/h4-9,11H,10H2,1-3H3,(H,21,22). The lowest BCUT2D eigenvalue weighted by Gasteiger charge is -2.15. The van der Waals surface area contributed by atoms with Crippen molar-refractivity contribution in [3.63, 3.8) is 0 Å². The summed E-state index contributed by atoms with van der Waals surface area (Å²) in [6.45, 7) is 6.15. The van der Waals surface area contributed by atoms with Crippen molar-refractivity contribution in [3.05, 3.63) is 56.1 Å². The summed E-state index contributed by atoms with van der Waals surface area (Å²) < 4.78 is 6.74. The smallest absolute Gasteiger partial charge is 0.262 e. The van der Waals surface area contributed by atoms with E-state index >= 15 is 0 Å². The Balaban J connectivity index is 2.03. The van der Waals surface area contributed by atoms with Crippen LogP contribution in [0.25, 0.3) is 0 Å². The van der Waals surface area contributed by atoms with Crippen molar-refractivity contribution in [2.75, 3.05) is 11.9 Å². The van der Waals surface area contributed by atoms with E-state index in [2.05, 4.69) is 41.8 Å². The quantitative estimate of drug-likeness (QED) is 0.629. The van der Waals surface area contributed by atoms with Gasteiger partial charge in [-0.05, 0) is 70.8 Å². The summed E-state index contributed by atoms with van der Waals surface area (Å²) in [5.41, 5.74) is 2.79. The predicted octanol–water partition coefficient (Wildman–Crippen LogP) is 5.39. The van der Waals surface area contributed by atoms with Crippen molar-refractivity contribution in [2.45, 2.75) is 26.7 Å². The van der Waals surface area contributed by atoms with Crippen molar-refractivity contribution in [1.29, 1.82) is 0 Å². The van der Waals surface area contributed by atoms with E-state index in [0.29, 0.717) is 16.6 Å². The minimum absolute atomic E-state index is 0.0501. The Morgan fingerprint density at radius 3 is 2.65 bits per heavy atom. The second-order valence-electron chi connectivity index (χ2n) is 5.66. The third-order valence-electron chi connectivity index (χ3n) is 3.36. The van der Waals surface area contributed by atoms with Gasteiger partial charge in [-0.2, -0.15) is 0 Å². The molecule has 0 saturated heterocycles. The second kappa shape index (κ2) is 8.02. The van der Waals surface area contributed by atoms with Crippen LogP contribution in [0.15, 0.2) is 36.4 Å². The summed E-state index contributed by atoms with van der Waals surface area (Å²) in [5, 5.41) is 3.29. The monoisotopic (exact) mass is 443 g/mol. The number of halogens is 2. The zero-order valence-electron chi connectivity index (χ0n) is 13.3. The third-order valence-corrected chi connectivity index (χ3v) is 4.34. The fourth-order valence-electron chi connectivity index (χ4n) is 2.16. The molecule has 1 amide bonds. The van der Waals surface area contributed by atoms with Gasteiger partial charge in [0, 0.05) is 3.57 Å². The van der Waals surface area contributed by atoms with Gasteiger partial charge < -0.3 is 10.1 Å². The maximum Gasteiger partial charge on any atom is 0.262 e. The van der Waals surface area contributed by atoms with E-state index < -0.39 is 0 Å². The summed E-state index contributed by atoms with van der Waals surface area (Å²) in [7, 11) is 0. The first-order valence-electron chi connectivity index (χ1n) is 7.35. The minimum atomic E-state index is -0.232. The van der Waals surface area contributed by atoms with Crippen LogP contribution in [0.3, 0.4) is 0 Å². The Hall–Kier alpha value is -1.27. The van der Waals surface area contributed by atoms with Crippen molar-refractivity contribution in [2.24, 2.45) is 0 Å². The maximum absolute atomic E-state index is 12.1. The minimum Gasteiger partial charge on any atom is -0.483 e. The number of benzene rings is 2. The lowest BCUT2D eigenvalue weighted by atomic mass is 10.0. The molecule has 2 rings (SSSR count). The Morgan fingerprint density at radius 2 is 2.00 bits per heavy atom. The molecule has 0 heterocycles. The van der Waals surface area contributed by atoms with Gasteiger partial charge >= 0.3 is 0 Å². The average Bonchev–Trinajstić information content (AvgIpc) is 2.48. The van der Waals surface area contributed by atoms with Gasteiger partial charge in [0.25, 0.3) is 5.91 Å². The van der Waals surface area contributed by atoms with Gasteiger partial charge in [0.2, 0.25) is 0 Å². The Bertz CT molecular complexity index is 716. The average molecular weight is 444 g/mol. The molecule has 0 bridgehead atoms. The first-order valence-corrected chi connectivity index (χ1v) is 8.80. The first kappa shape index (κ1) is 18.1. The number of hydrogen-bond acceptors (Lipinski definition) is 2. The molecule has 0 unspecified atom stereocenters. The highest BCUT2D eigenvalue weighted by molar-refractivity contribution is 14.1. The molecule has 5 heteroatoms. The Labute approximate surface area is 155 Å². The summed E-state index contributed by atoms with van der Waals surface area (Å²) in [6, 6.07) is 11.5. The number of anilines is 1. The molecule has 23 heavy (non-hydrogen) atoms. The van der Waals surface area contributed by atoms with Gasteiger partial charge in [-0.15, -0.1) is 0 Å². The molecule has 122 valence electrons. The SMILES string of the molecule is Cc1ccc(C(C)C)c(OCC(=O)Nc2ccc(I)cc2Cl)c1. The lowest BCUT2D eigenvalue weighted by Crippen LogP contribution is -2.20. The number of carbonyl (C=O) groups is 1. The van der Waals surface area contributed by atoms with Crippen molar-refractivity contribution in [1.82, 2.24) is 0 Å². The van der Waals surface area contributed by atoms with E-state index in [0.717, 1.165) is 20.4 Å². The molecule has 0 radical (unpaired) electrons. The molecule has 0 aromatic heterocycles. The maximum atomic E-state index is 12.1. The van der Waals surface area contributed by atoms with E-state index in [1.165, 1.54) is 0 Å². The van der Waals surface area contributed by atoms with Crippen molar-refractivity contribution in [3.8, 4) is 5.75 Å². The van der Waals surface area contributed by atoms with Crippen LogP contribution in [0.5, 0.6) is 5.75 Å². The van der Waals surface area contributed by atoms with Gasteiger partial charge in [0.15, 0.2) is 6.61 Å². The summed E-state index contributed by atoms with van der Waals surface area (Å²) >= 11 is 8.29. The fraction of sp³-hybridized carbons (Fsp3) is 0.278. The topological polar surface area (TPSA) is 38.3 Å². The molecule has 0 aliphatic heterocycles. The highest BCUT2D eigenvalue weighted by Crippen LogP contribution is 2.28. The van der Waals surface area contributed by atoms with Crippen LogP contribution in [0.2, 0.25) is 5.02 Å². The Kier molecular flexibility index (Phi) is 6.30. The van der Waals surface area contributed by atoms with E-state index in [-0.39, 0.29) is 12.5 Å². The number of nitrogens with one attached hydrogen (secondary N) is 1. The molecular formula is C18H19ClINO2. The van der Waals surface area contributed by atoms with Crippen molar-refractivity contribution < 1.29 is 9.53 Å². The van der Waals surface area contributed by atoms with Crippen LogP contribution in [-0.2, 0) is 4.79 Å². The van der Waals surface area contributed by atoms with Crippen LogP contribution in [0, 0.1) is 10.5 Å². The molecule has 0 aliphatic rings. The molecule has 3 nitrogen and oxygen atoms in total. The van der Waals surface area contributed by atoms with Crippen LogP contribution >= 0.6 is 34.2 Å². The number of aryl methyl sites for hydroxylation is 1. The first-order chi connectivity index (χ1) is 10.9. The summed E-state index contributed by atoms with van der Waals surface area (Å²) in [5.74, 6) is 0.854. The van der Waals surface area contributed by atoms with E-state index in [9.17, 15) is 4.79 Å². The van der Waals surface area contributed by atoms with Crippen LogP contribution < -0.4 is 10.1 Å². The van der Waals surface area contributed by atoms with Crippen LogP contribution in [0.1, 0.15) is 30.9 Å². The zero-order chi connectivity index (χ0) is 17.0. The number of rotatable bonds is 5. The molecule has 1 N–H and O–H groups in total. The summed E-state index contributed by atoms with van der Waals surface area (Å²) in [4.78, 5) is 12.1. The predicted molar refractivity (Wildman–Crippen MR) is 104 cm³/mol. The highest BCUT2D eigenvalue weighted by Gasteiger charge is 2.11. The van der Waals surface area contributed by atoms with E-state index in [1.54, 1.807) is 12.1 Å². The zero-order valence-corrected chi connectivity index (χ0v) is 16.2. The highest BCUT2D eigenvalue weighted by atomic mass is 127. The van der Waals surface area contributed by atoms with Gasteiger partial charge in [0.05, 0.1) is 10.7 Å². The molecule has 0 spiro atoms. The molecule has 2 aromatic rings. The van der Waals surface area contributed by atoms with Crippen LogP contribution in [-0.4, -0.2) is 12.5 Å². The molecule has 2 aromatic carbocycles. The second-order valence-corrected chi connectivity index (χ2v) is 7.31. The van der Waals surface area contributed by atoms with Gasteiger partial charge in [-0.3, -0.25) is 4.79 Å². The van der Waals surface area contributed by atoms with Gasteiger partial charge in [-0.1, -0.05) is 37.6 Å². The molecule has 0 atom stereocenters. The number of carbonyl (C=O) groups excluding carboxylic acids is 1. The largest absolute Gasteiger partial charge is 0.483 e. The normalized spacial score (nSPS) is 10.7. The number of hydrogen-bond donors (Lipinski definition) is 1. The fourth-order valence-corrected chi connectivity index (χ4v) is 3.07. The molecule has 0 fully saturated rings. The van der Waals surface area contributed by atoms with E-state index in [4.69, 9.17) is 16.3 Å². The number of ether oxygens (including phenoxy) is 1. The summed E-state index contributed by atoms with van der Waals surface area (Å²) in [6.07, 6.45) is 0. The van der Waals surface area contributed by atoms with Gasteiger partial charge in [-0.25, -0.2) is 0 Å². The van der Waals surface area contributed by atoms with Crippen LogP contribution in [0.4, 0.5) is 5.69 Å². The van der Waals surface area contributed by atoms with Crippen molar-refractivity contribution >= 4 is 45.8 Å². The molecule has 0 saturated carbocycles. The lowest BCUT2D eigenvalue weighted by molar-refractivity contribution is -0.118. The Morgan fingerprint density at radius 1 is 1.26 bits per heavy atom. The molecule has 0 aliphatic carbocycles. The van der Waals surface area contributed by atoms with Gasteiger partial charge in [0.1, 0.15) is 5.75 Å².